The Morgan fingerprint density at radius 3 is 1.75 bits per heavy atom. The van der Waals surface area contributed by atoms with Crippen LogP contribution >= 0.6 is 11.6 Å². The molecule has 0 saturated heterocycles. The number of nitro groups is 2. The summed E-state index contributed by atoms with van der Waals surface area (Å²) in [5, 5.41) is 32.3. The van der Waals surface area contributed by atoms with Gasteiger partial charge in [-0.05, 0) is 54.0 Å². The number of methoxy groups -OCH3 is 2. The zero-order valence-corrected chi connectivity index (χ0v) is 35.0. The van der Waals surface area contributed by atoms with Gasteiger partial charge in [0.15, 0.2) is 11.5 Å². The third-order valence-corrected chi connectivity index (χ3v) is 12.0. The van der Waals surface area contributed by atoms with Gasteiger partial charge in [-0.15, -0.1) is 0 Å². The maximum atomic E-state index is 11.9. The maximum absolute atomic E-state index is 11.9. The van der Waals surface area contributed by atoms with Gasteiger partial charge in [0.2, 0.25) is 5.75 Å². The summed E-state index contributed by atoms with van der Waals surface area (Å²) in [7, 11) is 0.423. The van der Waals surface area contributed by atoms with Crippen LogP contribution in [0.25, 0.3) is 21.8 Å². The molecule has 16 nitrogen and oxygen atoms in total. The molecule has 0 saturated carbocycles. The molecule has 0 N–H and O–H groups in total. The van der Waals surface area contributed by atoms with E-state index in [1.54, 1.807) is 39.7 Å². The van der Waals surface area contributed by atoms with Gasteiger partial charge in [0.25, 0.3) is 5.69 Å². The summed E-state index contributed by atoms with van der Waals surface area (Å²) in [5.41, 5.74) is 1.58. The second kappa shape index (κ2) is 18.6. The lowest BCUT2D eigenvalue weighted by atomic mass is 10.1. The van der Waals surface area contributed by atoms with Crippen LogP contribution in [0.2, 0.25) is 56.4 Å². The van der Waals surface area contributed by atoms with Gasteiger partial charge >= 0.3 is 11.7 Å². The van der Waals surface area contributed by atoms with Gasteiger partial charge in [0.05, 0.1) is 59.3 Å². The number of nitrogens with zero attached hydrogens (tertiary/aromatic N) is 6. The zero-order valence-electron chi connectivity index (χ0n) is 32.3. The zero-order chi connectivity index (χ0) is 40.5. The first-order chi connectivity index (χ1) is 25.9. The predicted octanol–water partition coefficient (Wildman–Crippen LogP) is 8.68. The number of nitro benzene ring substituents is 2. The standard InChI is InChI=1S/C23H29N3O7Si.C13H18ClN3O3Si/c1-30-21-12-16(13-22(27)31-2)6-8-19(21)33-20-9-7-18-17(23(20)26(28)29)14-24-25(18)15-32-10-11-34(3,4)5;1-21(2,3)7-6-20-9-16-12-5-4-11(14)13(17(18)19)10(12)8-15-16/h6-9,12,14H,10-11,13,15H2,1-5H3;4-5,8H,6-7,9H2,1-3H3. The van der Waals surface area contributed by atoms with Crippen molar-refractivity contribution < 1.29 is 38.3 Å². The fraction of sp³-hybridized carbons (Fsp3) is 0.417. The minimum Gasteiger partial charge on any atom is -0.493 e. The number of rotatable bonds is 17. The molecule has 0 spiro atoms. The van der Waals surface area contributed by atoms with Gasteiger partial charge in [0, 0.05) is 29.4 Å². The molecule has 19 heteroatoms. The van der Waals surface area contributed by atoms with E-state index >= 15 is 0 Å². The van der Waals surface area contributed by atoms with Crippen molar-refractivity contribution in [3.63, 3.8) is 0 Å². The van der Waals surface area contributed by atoms with Crippen molar-refractivity contribution in [3.05, 3.63) is 85.7 Å². The first-order valence-electron chi connectivity index (χ1n) is 17.4. The Bertz CT molecular complexity index is 2150. The Balaban J connectivity index is 0.000000274. The maximum Gasteiger partial charge on any atom is 0.322 e. The molecule has 0 amide bonds. The molecule has 0 radical (unpaired) electrons. The van der Waals surface area contributed by atoms with Crippen LogP contribution in [0.5, 0.6) is 17.2 Å². The number of ether oxygens (including phenoxy) is 5. The fourth-order valence-electron chi connectivity index (χ4n) is 5.22. The van der Waals surface area contributed by atoms with Gasteiger partial charge in [-0.2, -0.15) is 10.2 Å². The molecule has 5 rings (SSSR count). The Morgan fingerprint density at radius 1 is 0.745 bits per heavy atom. The topological polar surface area (TPSA) is 185 Å². The Hall–Kier alpha value is -4.89. The molecule has 2 aromatic heterocycles. The average molecular weight is 815 g/mol. The minimum atomic E-state index is -1.22. The van der Waals surface area contributed by atoms with Crippen molar-refractivity contribution in [2.75, 3.05) is 27.4 Å². The molecule has 296 valence electrons. The van der Waals surface area contributed by atoms with Crippen LogP contribution in [-0.2, 0) is 38.9 Å². The van der Waals surface area contributed by atoms with Crippen molar-refractivity contribution in [1.29, 1.82) is 0 Å². The Morgan fingerprint density at radius 2 is 1.25 bits per heavy atom. The van der Waals surface area contributed by atoms with E-state index in [9.17, 15) is 25.0 Å². The monoisotopic (exact) mass is 814 g/mol. The van der Waals surface area contributed by atoms with E-state index in [4.69, 9.17) is 30.5 Å². The molecule has 2 heterocycles. The highest BCUT2D eigenvalue weighted by molar-refractivity contribution is 6.76. The van der Waals surface area contributed by atoms with E-state index in [1.165, 1.54) is 38.7 Å². The highest BCUT2D eigenvalue weighted by atomic mass is 35.5. The van der Waals surface area contributed by atoms with Crippen molar-refractivity contribution in [3.8, 4) is 17.2 Å². The summed E-state index contributed by atoms with van der Waals surface area (Å²) >= 11 is 5.88. The van der Waals surface area contributed by atoms with E-state index in [-0.39, 0.29) is 47.8 Å². The van der Waals surface area contributed by atoms with Crippen molar-refractivity contribution in [2.24, 2.45) is 0 Å². The third-order valence-electron chi connectivity index (χ3n) is 8.32. The summed E-state index contributed by atoms with van der Waals surface area (Å²) < 4.78 is 30.5. The molecule has 0 atom stereocenters. The minimum absolute atomic E-state index is 0.0516. The number of carbonyl (C=O) groups is 1. The van der Waals surface area contributed by atoms with Crippen LogP contribution in [0.1, 0.15) is 5.56 Å². The molecule has 0 aliphatic carbocycles. The van der Waals surface area contributed by atoms with E-state index < -0.39 is 32.0 Å². The predicted molar refractivity (Wildman–Crippen MR) is 215 cm³/mol. The fourth-order valence-corrected chi connectivity index (χ4v) is 6.96. The average Bonchev–Trinajstić information content (AvgIpc) is 3.71. The van der Waals surface area contributed by atoms with Crippen molar-refractivity contribution in [2.45, 2.75) is 71.3 Å². The summed E-state index contributed by atoms with van der Waals surface area (Å²) in [4.78, 5) is 33.6. The molecular weight excluding hydrogens is 768 g/mol. The smallest absolute Gasteiger partial charge is 0.322 e. The SMILES string of the molecule is COC(=O)Cc1ccc(Oc2ccc3c(cnn3COCC[Si](C)(C)C)c2[N+](=O)[O-])c(OC)c1.C[Si](C)(C)CCOCn1ncc2c([N+](=O)[O-])c(Cl)ccc21. The van der Waals surface area contributed by atoms with E-state index in [0.717, 1.165) is 12.1 Å². The quantitative estimate of drug-likeness (QED) is 0.0286. The third kappa shape index (κ3) is 11.8. The number of halogens is 1. The van der Waals surface area contributed by atoms with E-state index in [2.05, 4.69) is 54.2 Å². The van der Waals surface area contributed by atoms with Crippen molar-refractivity contribution >= 4 is 66.9 Å². The van der Waals surface area contributed by atoms with Gasteiger partial charge in [-0.3, -0.25) is 25.0 Å². The lowest BCUT2D eigenvalue weighted by molar-refractivity contribution is -0.383. The number of benzene rings is 3. The number of fused-ring (bicyclic) bond motifs is 2. The lowest BCUT2D eigenvalue weighted by Crippen LogP contribution is -2.22. The summed E-state index contributed by atoms with van der Waals surface area (Å²) in [6.07, 6.45) is 2.97. The van der Waals surface area contributed by atoms with Crippen LogP contribution in [0.4, 0.5) is 11.4 Å². The molecule has 0 aliphatic rings. The Labute approximate surface area is 325 Å². The molecule has 5 aromatic rings. The molecule has 0 bridgehead atoms. The summed E-state index contributed by atoms with van der Waals surface area (Å²) in [5.74, 6) is 0.275. The van der Waals surface area contributed by atoms with Crippen LogP contribution in [0.15, 0.2) is 54.9 Å². The second-order valence-corrected chi connectivity index (χ2v) is 26.7. The number of aromatic nitrogens is 4. The van der Waals surface area contributed by atoms with E-state index in [1.807, 2.05) is 0 Å². The molecule has 0 aliphatic heterocycles. The van der Waals surface area contributed by atoms with Gasteiger partial charge in [0.1, 0.15) is 23.9 Å². The summed E-state index contributed by atoms with van der Waals surface area (Å²) in [6.45, 7) is 15.4. The van der Waals surface area contributed by atoms with Gasteiger partial charge in [-0.1, -0.05) is 56.9 Å². The van der Waals surface area contributed by atoms with Crippen LogP contribution in [-0.4, -0.2) is 79.0 Å². The number of esters is 1. The van der Waals surface area contributed by atoms with Gasteiger partial charge in [-0.25, -0.2) is 9.36 Å². The normalized spacial score (nSPS) is 11.7. The Kier molecular flexibility index (Phi) is 14.5. The largest absolute Gasteiger partial charge is 0.493 e. The second-order valence-electron chi connectivity index (χ2n) is 15.0. The van der Waals surface area contributed by atoms with Crippen LogP contribution in [0.3, 0.4) is 0 Å². The number of carbonyl (C=O) groups excluding carboxylic acids is 1. The first-order valence-corrected chi connectivity index (χ1v) is 25.2. The highest BCUT2D eigenvalue weighted by Gasteiger charge is 2.25. The van der Waals surface area contributed by atoms with Crippen LogP contribution in [0, 0.1) is 20.2 Å². The lowest BCUT2D eigenvalue weighted by Gasteiger charge is -2.15. The molecular formula is C36H47ClN6O10Si2. The molecule has 55 heavy (non-hydrogen) atoms. The van der Waals surface area contributed by atoms with Gasteiger partial charge < -0.3 is 23.7 Å². The van der Waals surface area contributed by atoms with Crippen LogP contribution < -0.4 is 9.47 Å². The van der Waals surface area contributed by atoms with E-state index in [0.29, 0.717) is 46.3 Å². The molecule has 0 fully saturated rings. The molecule has 3 aromatic carbocycles. The first kappa shape index (κ1) is 42.8. The molecule has 0 unspecified atom stereocenters. The van der Waals surface area contributed by atoms with Crippen molar-refractivity contribution in [1.82, 2.24) is 19.6 Å². The summed E-state index contributed by atoms with van der Waals surface area (Å²) in [6, 6.07) is 13.5. The number of hydrogen-bond acceptors (Lipinski definition) is 12. The number of hydrogen-bond donors (Lipinski definition) is 0. The highest BCUT2D eigenvalue weighted by Crippen LogP contribution is 2.41.